The molecule has 3 heterocycles. The van der Waals surface area contributed by atoms with E-state index in [1.54, 1.807) is 11.8 Å². The molecule has 1 aromatic carbocycles. The van der Waals surface area contributed by atoms with Crippen molar-refractivity contribution in [3.05, 3.63) is 41.2 Å². The third kappa shape index (κ3) is 5.23. The summed E-state index contributed by atoms with van der Waals surface area (Å²) in [6.45, 7) is 1.37. The lowest BCUT2D eigenvalue weighted by atomic mass is 10.1. The zero-order chi connectivity index (χ0) is 21.8. The first-order valence-electron chi connectivity index (χ1n) is 9.36. The molecule has 0 saturated carbocycles. The second-order valence-corrected chi connectivity index (χ2v) is 10.7. The maximum Gasteiger partial charge on any atom is 0.280 e. The van der Waals surface area contributed by atoms with Gasteiger partial charge in [-0.15, -0.1) is 11.8 Å². The van der Waals surface area contributed by atoms with Crippen molar-refractivity contribution < 1.29 is 27.2 Å². The number of carbonyl (C=O) groups is 1. The Labute approximate surface area is 186 Å². The highest BCUT2D eigenvalue weighted by Crippen LogP contribution is 2.24. The molecule has 13 heteroatoms. The molecule has 166 valence electrons. The molecule has 2 aliphatic rings. The van der Waals surface area contributed by atoms with Gasteiger partial charge >= 0.3 is 0 Å². The number of benzene rings is 1. The van der Waals surface area contributed by atoms with Gasteiger partial charge in [0.1, 0.15) is 0 Å². The Morgan fingerprint density at radius 2 is 2.16 bits per heavy atom. The molecule has 0 spiro atoms. The van der Waals surface area contributed by atoms with Crippen molar-refractivity contribution >= 4 is 49.9 Å². The summed E-state index contributed by atoms with van der Waals surface area (Å²) < 4.78 is 45.3. The number of halogens is 1. The van der Waals surface area contributed by atoms with E-state index in [1.807, 2.05) is 0 Å². The minimum Gasteiger partial charge on any atom is -0.389 e. The minimum atomic E-state index is -3.60. The smallest absolute Gasteiger partial charge is 0.280 e. The van der Waals surface area contributed by atoms with Crippen molar-refractivity contribution in [2.24, 2.45) is 5.16 Å². The van der Waals surface area contributed by atoms with E-state index in [0.717, 1.165) is 11.9 Å². The number of thiazole rings is 1. The van der Waals surface area contributed by atoms with E-state index in [0.29, 0.717) is 49.0 Å². The SMILES string of the molecule is O=C(Nc1ncc(F)s1)/C(=N/O[C@@H]1CCOC1)c1ccc(S(=O)(=O)N2CCSC2)cc1. The summed E-state index contributed by atoms with van der Waals surface area (Å²) in [6, 6.07) is 5.84. The fraction of sp³-hybridized carbons (Fsp3) is 0.389. The van der Waals surface area contributed by atoms with Crippen LogP contribution in [0.3, 0.4) is 0 Å². The number of carbonyl (C=O) groups excluding carboxylic acids is 1. The van der Waals surface area contributed by atoms with Gasteiger partial charge in [0.2, 0.25) is 10.0 Å². The van der Waals surface area contributed by atoms with Gasteiger partial charge in [0.05, 0.1) is 30.2 Å². The number of ether oxygens (including phenoxy) is 1. The molecule has 2 aromatic rings. The summed E-state index contributed by atoms with van der Waals surface area (Å²) in [5.74, 6) is 0.522. The van der Waals surface area contributed by atoms with Gasteiger partial charge < -0.3 is 9.57 Å². The lowest BCUT2D eigenvalue weighted by Crippen LogP contribution is -2.28. The number of rotatable bonds is 7. The Bertz CT molecular complexity index is 1060. The molecule has 0 aliphatic carbocycles. The zero-order valence-corrected chi connectivity index (χ0v) is 18.6. The first-order chi connectivity index (χ1) is 14.9. The fourth-order valence-corrected chi connectivity index (χ4v) is 6.29. The maximum absolute atomic E-state index is 13.2. The van der Waals surface area contributed by atoms with Gasteiger partial charge in [0, 0.05) is 24.3 Å². The highest BCUT2D eigenvalue weighted by atomic mass is 32.2. The lowest BCUT2D eigenvalue weighted by molar-refractivity contribution is -0.110. The zero-order valence-electron chi connectivity index (χ0n) is 16.2. The van der Waals surface area contributed by atoms with Gasteiger partial charge in [-0.1, -0.05) is 28.6 Å². The van der Waals surface area contributed by atoms with Crippen molar-refractivity contribution in [3.8, 4) is 0 Å². The Balaban J connectivity index is 1.57. The Kier molecular flexibility index (Phi) is 6.86. The Morgan fingerprint density at radius 3 is 2.77 bits per heavy atom. The van der Waals surface area contributed by atoms with Crippen LogP contribution in [0.2, 0.25) is 0 Å². The molecule has 2 saturated heterocycles. The average molecular weight is 487 g/mol. The van der Waals surface area contributed by atoms with Crippen LogP contribution in [0.4, 0.5) is 9.52 Å². The number of aromatic nitrogens is 1. The van der Waals surface area contributed by atoms with Crippen LogP contribution >= 0.6 is 23.1 Å². The van der Waals surface area contributed by atoms with Crippen molar-refractivity contribution in [2.75, 3.05) is 36.7 Å². The number of amides is 1. The number of hydrogen-bond donors (Lipinski definition) is 1. The predicted octanol–water partition coefficient (Wildman–Crippen LogP) is 2.13. The van der Waals surface area contributed by atoms with Crippen molar-refractivity contribution in [1.82, 2.24) is 9.29 Å². The van der Waals surface area contributed by atoms with Crippen LogP contribution in [-0.4, -0.2) is 66.8 Å². The molecule has 0 bridgehead atoms. The number of thioether (sulfide) groups is 1. The van der Waals surface area contributed by atoms with Gasteiger partial charge in [-0.2, -0.15) is 8.70 Å². The largest absolute Gasteiger partial charge is 0.389 e. The molecule has 0 radical (unpaired) electrons. The number of sulfonamides is 1. The number of nitrogens with one attached hydrogen (secondary N) is 1. The highest BCUT2D eigenvalue weighted by molar-refractivity contribution is 8.00. The van der Waals surface area contributed by atoms with Gasteiger partial charge in [0.25, 0.3) is 5.91 Å². The molecule has 0 unspecified atom stereocenters. The average Bonchev–Trinajstić information content (AvgIpc) is 3.52. The first-order valence-corrected chi connectivity index (χ1v) is 12.8. The van der Waals surface area contributed by atoms with Crippen molar-refractivity contribution in [1.29, 1.82) is 0 Å². The molecular formula is C18H19FN4O5S3. The van der Waals surface area contributed by atoms with Gasteiger partial charge in [-0.3, -0.25) is 10.1 Å². The van der Waals surface area contributed by atoms with Crippen molar-refractivity contribution in [2.45, 2.75) is 17.4 Å². The van der Waals surface area contributed by atoms with E-state index < -0.39 is 21.1 Å². The van der Waals surface area contributed by atoms with E-state index in [1.165, 1.54) is 28.6 Å². The van der Waals surface area contributed by atoms with Gasteiger partial charge in [-0.05, 0) is 12.1 Å². The van der Waals surface area contributed by atoms with Gasteiger partial charge in [0.15, 0.2) is 22.1 Å². The maximum atomic E-state index is 13.2. The van der Waals surface area contributed by atoms with E-state index in [-0.39, 0.29) is 21.8 Å². The van der Waals surface area contributed by atoms with Gasteiger partial charge in [-0.25, -0.2) is 13.4 Å². The monoisotopic (exact) mass is 486 g/mol. The molecule has 9 nitrogen and oxygen atoms in total. The molecule has 1 aromatic heterocycles. The van der Waals surface area contributed by atoms with E-state index in [4.69, 9.17) is 9.57 Å². The van der Waals surface area contributed by atoms with E-state index in [9.17, 15) is 17.6 Å². The molecule has 4 rings (SSSR count). The molecule has 2 fully saturated rings. The van der Waals surface area contributed by atoms with E-state index >= 15 is 0 Å². The molecule has 1 amide bonds. The van der Waals surface area contributed by atoms with Crippen LogP contribution in [-0.2, 0) is 24.4 Å². The highest BCUT2D eigenvalue weighted by Gasteiger charge is 2.28. The molecule has 1 atom stereocenters. The van der Waals surface area contributed by atoms with Crippen molar-refractivity contribution in [3.63, 3.8) is 0 Å². The number of nitrogens with zero attached hydrogens (tertiary/aromatic N) is 3. The number of hydrogen-bond acceptors (Lipinski definition) is 9. The Hall–Kier alpha value is -2.06. The third-order valence-electron chi connectivity index (χ3n) is 4.58. The standard InChI is InChI=1S/C18H19FN4O5S3/c19-15-9-20-18(30-15)21-17(24)16(22-28-13-5-7-27-10-13)12-1-3-14(4-2-12)31(25,26)23-6-8-29-11-23/h1-4,9,13H,5-8,10-11H2,(H,20,21,24)/b22-16+/t13-/m1/s1. The second kappa shape index (κ2) is 9.61. The number of oxime groups is 1. The predicted molar refractivity (Wildman–Crippen MR) is 115 cm³/mol. The summed E-state index contributed by atoms with van der Waals surface area (Å²) in [7, 11) is -3.60. The Morgan fingerprint density at radius 1 is 1.35 bits per heavy atom. The summed E-state index contributed by atoms with van der Waals surface area (Å²) >= 11 is 2.23. The number of anilines is 1. The molecule has 2 aliphatic heterocycles. The quantitative estimate of drug-likeness (QED) is 0.472. The van der Waals surface area contributed by atoms with Crippen LogP contribution in [0, 0.1) is 5.13 Å². The summed E-state index contributed by atoms with van der Waals surface area (Å²) in [5.41, 5.74) is 0.270. The normalized spacial score (nSPS) is 20.2. The second-order valence-electron chi connectivity index (χ2n) is 6.70. The lowest BCUT2D eigenvalue weighted by Gasteiger charge is -2.15. The molecular weight excluding hydrogens is 467 g/mol. The van der Waals surface area contributed by atoms with Crippen LogP contribution < -0.4 is 5.32 Å². The topological polar surface area (TPSA) is 110 Å². The van der Waals surface area contributed by atoms with Crippen LogP contribution in [0.5, 0.6) is 0 Å². The van der Waals surface area contributed by atoms with E-state index in [2.05, 4.69) is 15.5 Å². The summed E-state index contributed by atoms with van der Waals surface area (Å²) in [5, 5.41) is 6.01. The molecule has 31 heavy (non-hydrogen) atoms. The van der Waals surface area contributed by atoms with Crippen LogP contribution in [0.1, 0.15) is 12.0 Å². The van der Waals surface area contributed by atoms with Crippen LogP contribution in [0.25, 0.3) is 0 Å². The van der Waals surface area contributed by atoms with Crippen LogP contribution in [0.15, 0.2) is 40.5 Å². The third-order valence-corrected chi connectivity index (χ3v) is 8.27. The minimum absolute atomic E-state index is 0.0742. The fourth-order valence-electron chi connectivity index (χ4n) is 2.94. The first kappa shape index (κ1) is 22.1. The summed E-state index contributed by atoms with van der Waals surface area (Å²) in [4.78, 5) is 22.1. The summed E-state index contributed by atoms with van der Waals surface area (Å²) in [6.07, 6.45) is 1.35. The molecule has 1 N–H and O–H groups in total.